The van der Waals surface area contributed by atoms with Crippen LogP contribution < -0.4 is 0 Å². The Hall–Kier alpha value is -0.540. The van der Waals surface area contributed by atoms with Crippen molar-refractivity contribution in [3.8, 4) is 0 Å². The number of halogens is 1. The molecule has 1 atom stereocenters. The largest absolute Gasteiger partial charge is 0.299 e. The molecule has 3 nitrogen and oxygen atoms in total. The fourth-order valence-electron chi connectivity index (χ4n) is 2.40. The highest BCUT2D eigenvalue weighted by atomic mass is 35.5. The summed E-state index contributed by atoms with van der Waals surface area (Å²) >= 11 is 6.00. The lowest BCUT2D eigenvalue weighted by molar-refractivity contribution is 0.165. The van der Waals surface area contributed by atoms with Crippen LogP contribution in [-0.4, -0.2) is 39.7 Å². The summed E-state index contributed by atoms with van der Waals surface area (Å²) in [6.45, 7) is 2.32. The van der Waals surface area contributed by atoms with E-state index in [9.17, 15) is 0 Å². The molecule has 90 valence electrons. The van der Waals surface area contributed by atoms with E-state index in [1.54, 1.807) is 0 Å². The third-order valence-electron chi connectivity index (χ3n) is 3.37. The van der Waals surface area contributed by atoms with Gasteiger partial charge in [-0.3, -0.25) is 9.58 Å². The summed E-state index contributed by atoms with van der Waals surface area (Å²) in [6.07, 6.45) is 9.05. The lowest BCUT2D eigenvalue weighted by atomic mass is 10.0. The fraction of sp³-hybridized carbons (Fsp3) is 0.750. The molecule has 1 fully saturated rings. The van der Waals surface area contributed by atoms with Gasteiger partial charge in [-0.05, 0) is 31.4 Å². The Morgan fingerprint density at radius 1 is 1.50 bits per heavy atom. The first-order valence-electron chi connectivity index (χ1n) is 6.07. The van der Waals surface area contributed by atoms with Crippen LogP contribution >= 0.6 is 11.6 Å². The van der Waals surface area contributed by atoms with Gasteiger partial charge in [-0.15, -0.1) is 11.6 Å². The zero-order chi connectivity index (χ0) is 11.4. The molecule has 0 amide bonds. The molecule has 0 saturated carbocycles. The minimum Gasteiger partial charge on any atom is -0.299 e. The lowest BCUT2D eigenvalue weighted by Gasteiger charge is -2.34. The predicted molar refractivity (Wildman–Crippen MR) is 66.8 cm³/mol. The molecule has 1 aromatic heterocycles. The molecule has 2 heterocycles. The van der Waals surface area contributed by atoms with Crippen LogP contribution in [0.3, 0.4) is 0 Å². The summed E-state index contributed by atoms with van der Waals surface area (Å²) in [5.74, 6) is 0.771. The van der Waals surface area contributed by atoms with E-state index in [4.69, 9.17) is 11.6 Å². The third-order valence-corrected chi connectivity index (χ3v) is 3.73. The van der Waals surface area contributed by atoms with Crippen molar-refractivity contribution in [2.24, 2.45) is 7.05 Å². The molecule has 0 N–H and O–H groups in total. The van der Waals surface area contributed by atoms with Crippen LogP contribution in [0.15, 0.2) is 12.4 Å². The highest BCUT2D eigenvalue weighted by Crippen LogP contribution is 2.18. The van der Waals surface area contributed by atoms with Gasteiger partial charge < -0.3 is 0 Å². The summed E-state index contributed by atoms with van der Waals surface area (Å²) in [7, 11) is 1.96. The van der Waals surface area contributed by atoms with Crippen LogP contribution in [0.25, 0.3) is 0 Å². The summed E-state index contributed by atoms with van der Waals surface area (Å²) in [5, 5.41) is 4.19. The molecule has 16 heavy (non-hydrogen) atoms. The molecule has 0 radical (unpaired) electrons. The molecule has 1 aliphatic heterocycles. The van der Waals surface area contributed by atoms with Crippen molar-refractivity contribution < 1.29 is 0 Å². The van der Waals surface area contributed by atoms with E-state index in [-0.39, 0.29) is 0 Å². The first kappa shape index (κ1) is 11.9. The Morgan fingerprint density at radius 2 is 2.38 bits per heavy atom. The molecule has 0 aliphatic carbocycles. The molecule has 1 aromatic rings. The molecular weight excluding hydrogens is 222 g/mol. The minimum atomic E-state index is 0.590. The van der Waals surface area contributed by atoms with E-state index in [1.165, 1.54) is 31.4 Å². The second-order valence-corrected chi connectivity index (χ2v) is 4.92. The van der Waals surface area contributed by atoms with Gasteiger partial charge in [0.05, 0.1) is 6.20 Å². The van der Waals surface area contributed by atoms with Gasteiger partial charge >= 0.3 is 0 Å². The average Bonchev–Trinajstić information content (AvgIpc) is 2.73. The number of alkyl halides is 1. The van der Waals surface area contributed by atoms with Gasteiger partial charge in [0.25, 0.3) is 0 Å². The molecule has 1 unspecified atom stereocenters. The number of nitrogens with zero attached hydrogens (tertiary/aromatic N) is 3. The Bertz CT molecular complexity index is 324. The molecule has 0 aromatic carbocycles. The lowest BCUT2D eigenvalue weighted by Crippen LogP contribution is -2.41. The number of likely N-dealkylation sites (tertiary alicyclic amines) is 1. The molecular formula is C12H20ClN3. The van der Waals surface area contributed by atoms with Crippen LogP contribution in [0, 0.1) is 0 Å². The van der Waals surface area contributed by atoms with E-state index in [1.807, 2.05) is 17.9 Å². The number of hydrogen-bond acceptors (Lipinski definition) is 2. The van der Waals surface area contributed by atoms with Crippen LogP contribution in [0.4, 0.5) is 0 Å². The number of rotatable bonds is 4. The van der Waals surface area contributed by atoms with E-state index in [2.05, 4.69) is 16.2 Å². The quantitative estimate of drug-likeness (QED) is 0.753. The standard InChI is InChI=1S/C12H20ClN3/c1-15-10-11(9-14-15)5-7-16-6-3-2-4-12(16)8-13/h9-10,12H,2-8H2,1H3. The van der Waals surface area contributed by atoms with Crippen LogP contribution in [0.2, 0.25) is 0 Å². The number of piperidine rings is 1. The van der Waals surface area contributed by atoms with Gasteiger partial charge in [0.2, 0.25) is 0 Å². The zero-order valence-corrected chi connectivity index (χ0v) is 10.7. The van der Waals surface area contributed by atoms with Crippen molar-refractivity contribution in [1.29, 1.82) is 0 Å². The molecule has 4 heteroatoms. The van der Waals surface area contributed by atoms with Crippen molar-refractivity contribution in [3.63, 3.8) is 0 Å². The maximum absolute atomic E-state index is 6.00. The summed E-state index contributed by atoms with van der Waals surface area (Å²) in [6, 6.07) is 0.590. The van der Waals surface area contributed by atoms with Gasteiger partial charge in [-0.2, -0.15) is 5.10 Å². The van der Waals surface area contributed by atoms with Crippen molar-refractivity contribution in [2.75, 3.05) is 19.0 Å². The number of aryl methyl sites for hydroxylation is 1. The second kappa shape index (κ2) is 5.69. The normalized spacial score (nSPS) is 22.5. The summed E-state index contributed by atoms with van der Waals surface area (Å²) in [4.78, 5) is 2.53. The Balaban J connectivity index is 1.84. The summed E-state index contributed by atoms with van der Waals surface area (Å²) in [5.41, 5.74) is 1.32. The number of aromatic nitrogens is 2. The van der Waals surface area contributed by atoms with Gasteiger partial charge in [0.15, 0.2) is 0 Å². The monoisotopic (exact) mass is 241 g/mol. The van der Waals surface area contributed by atoms with Gasteiger partial charge in [-0.25, -0.2) is 0 Å². The maximum atomic E-state index is 6.00. The Morgan fingerprint density at radius 3 is 3.06 bits per heavy atom. The van der Waals surface area contributed by atoms with Crippen molar-refractivity contribution >= 4 is 11.6 Å². The molecule has 1 saturated heterocycles. The van der Waals surface area contributed by atoms with Crippen LogP contribution in [0.1, 0.15) is 24.8 Å². The first-order valence-corrected chi connectivity index (χ1v) is 6.60. The second-order valence-electron chi connectivity index (χ2n) is 4.61. The van der Waals surface area contributed by atoms with Gasteiger partial charge in [-0.1, -0.05) is 6.42 Å². The van der Waals surface area contributed by atoms with Crippen molar-refractivity contribution in [2.45, 2.75) is 31.7 Å². The van der Waals surface area contributed by atoms with Crippen molar-refractivity contribution in [3.05, 3.63) is 18.0 Å². The Labute approximate surface area is 102 Å². The summed E-state index contributed by atoms with van der Waals surface area (Å²) < 4.78 is 1.87. The Kier molecular flexibility index (Phi) is 4.24. The van der Waals surface area contributed by atoms with E-state index >= 15 is 0 Å². The van der Waals surface area contributed by atoms with Gasteiger partial charge in [0.1, 0.15) is 0 Å². The fourth-order valence-corrected chi connectivity index (χ4v) is 2.75. The first-order chi connectivity index (χ1) is 7.79. The minimum absolute atomic E-state index is 0.590. The third kappa shape index (κ3) is 2.98. The molecule has 2 rings (SSSR count). The van der Waals surface area contributed by atoms with E-state index < -0.39 is 0 Å². The molecule has 1 aliphatic rings. The average molecular weight is 242 g/mol. The highest BCUT2D eigenvalue weighted by Gasteiger charge is 2.20. The predicted octanol–water partition coefficient (Wildman–Crippen LogP) is 2.06. The van der Waals surface area contributed by atoms with E-state index in [0.717, 1.165) is 18.8 Å². The van der Waals surface area contributed by atoms with Crippen LogP contribution in [-0.2, 0) is 13.5 Å². The van der Waals surface area contributed by atoms with Crippen LogP contribution in [0.5, 0.6) is 0 Å². The molecule has 0 spiro atoms. The SMILES string of the molecule is Cn1cc(CCN2CCCCC2CCl)cn1. The van der Waals surface area contributed by atoms with E-state index in [0.29, 0.717) is 6.04 Å². The topological polar surface area (TPSA) is 21.1 Å². The maximum Gasteiger partial charge on any atom is 0.0522 e. The highest BCUT2D eigenvalue weighted by molar-refractivity contribution is 6.18. The smallest absolute Gasteiger partial charge is 0.0522 e. The van der Waals surface area contributed by atoms with Crippen molar-refractivity contribution in [1.82, 2.24) is 14.7 Å². The van der Waals surface area contributed by atoms with Gasteiger partial charge in [0, 0.05) is 31.7 Å². The zero-order valence-electron chi connectivity index (χ0n) is 9.90. The number of hydrogen-bond donors (Lipinski definition) is 0. The molecule has 0 bridgehead atoms.